The molecular weight excluding hydrogens is 264 g/mol. The first-order valence-corrected chi connectivity index (χ1v) is 7.41. The molecule has 0 saturated carbocycles. The van der Waals surface area contributed by atoms with Crippen molar-refractivity contribution in [2.45, 2.75) is 31.7 Å². The lowest BCUT2D eigenvalue weighted by atomic mass is 9.99. The highest BCUT2D eigenvalue weighted by atomic mass is 35.5. The summed E-state index contributed by atoms with van der Waals surface area (Å²) < 4.78 is 0. The minimum Gasteiger partial charge on any atom is -0.323 e. The Morgan fingerprint density at radius 1 is 1.39 bits per heavy atom. The molecule has 1 aliphatic rings. The number of fused-ring (bicyclic) bond motifs is 1. The van der Waals surface area contributed by atoms with Crippen LogP contribution in [0.15, 0.2) is 24.3 Å². The maximum Gasteiger partial charge on any atom is 0.0976 e. The smallest absolute Gasteiger partial charge is 0.0976 e. The summed E-state index contributed by atoms with van der Waals surface area (Å²) in [5.41, 5.74) is 8.47. The second-order valence-corrected chi connectivity index (χ2v) is 6.21. The summed E-state index contributed by atoms with van der Waals surface area (Å²) in [7, 11) is 0. The van der Waals surface area contributed by atoms with E-state index in [9.17, 15) is 0 Å². The predicted octanol–water partition coefficient (Wildman–Crippen LogP) is 3.72. The molecule has 1 aromatic heterocycles. The Bertz CT molecular complexity index is 565. The summed E-state index contributed by atoms with van der Waals surface area (Å²) in [6.07, 6.45) is 4.12. The summed E-state index contributed by atoms with van der Waals surface area (Å²) in [6.45, 7) is 0. The van der Waals surface area contributed by atoms with E-state index in [0.717, 1.165) is 41.3 Å². The van der Waals surface area contributed by atoms with Gasteiger partial charge in [-0.05, 0) is 30.9 Å². The van der Waals surface area contributed by atoms with Crippen LogP contribution in [0.25, 0.3) is 0 Å². The van der Waals surface area contributed by atoms with Crippen molar-refractivity contribution in [3.05, 3.63) is 50.4 Å². The lowest BCUT2D eigenvalue weighted by Gasteiger charge is -2.15. The summed E-state index contributed by atoms with van der Waals surface area (Å²) in [4.78, 5) is 6.00. The highest BCUT2D eigenvalue weighted by molar-refractivity contribution is 7.11. The van der Waals surface area contributed by atoms with Gasteiger partial charge in [0.25, 0.3) is 0 Å². The topological polar surface area (TPSA) is 38.9 Å². The number of benzene rings is 1. The van der Waals surface area contributed by atoms with Gasteiger partial charge in [0.2, 0.25) is 0 Å². The van der Waals surface area contributed by atoms with Gasteiger partial charge in [0, 0.05) is 22.4 Å². The number of thiazole rings is 1. The lowest BCUT2D eigenvalue weighted by molar-refractivity contribution is 0.573. The van der Waals surface area contributed by atoms with Crippen LogP contribution in [0.4, 0.5) is 0 Å². The van der Waals surface area contributed by atoms with Gasteiger partial charge < -0.3 is 5.73 Å². The van der Waals surface area contributed by atoms with Crippen LogP contribution in [0.1, 0.15) is 40.0 Å². The Morgan fingerprint density at radius 3 is 3.00 bits per heavy atom. The minimum absolute atomic E-state index is 0.186. The number of nitrogens with zero attached hydrogens (tertiary/aromatic N) is 1. The normalized spacial score (nSPS) is 18.7. The van der Waals surface area contributed by atoms with Crippen LogP contribution in [0.3, 0.4) is 0 Å². The van der Waals surface area contributed by atoms with Crippen molar-refractivity contribution in [2.75, 3.05) is 0 Å². The van der Waals surface area contributed by atoms with Crippen LogP contribution in [-0.2, 0) is 12.8 Å². The van der Waals surface area contributed by atoms with E-state index in [0.29, 0.717) is 0 Å². The van der Waals surface area contributed by atoms with Crippen LogP contribution in [0.2, 0.25) is 5.02 Å². The molecule has 0 aliphatic heterocycles. The average molecular weight is 279 g/mol. The fourth-order valence-electron chi connectivity index (χ4n) is 2.38. The van der Waals surface area contributed by atoms with Crippen LogP contribution < -0.4 is 5.73 Å². The zero-order valence-corrected chi connectivity index (χ0v) is 11.6. The van der Waals surface area contributed by atoms with E-state index in [4.69, 9.17) is 22.3 Å². The molecule has 0 radical (unpaired) electrons. The van der Waals surface area contributed by atoms with E-state index >= 15 is 0 Å². The van der Waals surface area contributed by atoms with E-state index in [1.165, 1.54) is 10.6 Å². The molecule has 0 fully saturated rings. The Kier molecular flexibility index (Phi) is 3.37. The minimum atomic E-state index is 0.186. The largest absolute Gasteiger partial charge is 0.323 e. The highest BCUT2D eigenvalue weighted by Gasteiger charge is 2.21. The molecule has 1 heterocycles. The number of aromatic nitrogens is 1. The maximum atomic E-state index is 6.18. The average Bonchev–Trinajstić information content (AvgIpc) is 2.76. The molecule has 2 nitrogen and oxygen atoms in total. The summed E-state index contributed by atoms with van der Waals surface area (Å²) in [5, 5.41) is 1.94. The van der Waals surface area contributed by atoms with Crippen LogP contribution in [-0.4, -0.2) is 4.98 Å². The summed E-state index contributed by atoms with van der Waals surface area (Å²) in [5.74, 6) is 0. The first-order chi connectivity index (χ1) is 8.74. The van der Waals surface area contributed by atoms with Gasteiger partial charge in [-0.25, -0.2) is 4.98 Å². The SMILES string of the molecule is NC1CCCc2nc(Cc3ccccc3Cl)sc21. The fraction of sp³-hybridized carbons (Fsp3) is 0.357. The number of aryl methyl sites for hydroxylation is 1. The van der Waals surface area contributed by atoms with Crippen molar-refractivity contribution >= 4 is 22.9 Å². The molecule has 18 heavy (non-hydrogen) atoms. The Balaban J connectivity index is 1.88. The predicted molar refractivity (Wildman–Crippen MR) is 76.2 cm³/mol. The lowest BCUT2D eigenvalue weighted by Crippen LogP contribution is -2.15. The third-order valence-corrected chi connectivity index (χ3v) is 4.94. The van der Waals surface area contributed by atoms with Gasteiger partial charge >= 0.3 is 0 Å². The standard InChI is InChI=1S/C14H15ClN2S/c15-10-5-2-1-4-9(10)8-13-17-12-7-3-6-11(16)14(12)18-13/h1-2,4-5,11H,3,6-8,16H2. The van der Waals surface area contributed by atoms with Gasteiger partial charge in [-0.3, -0.25) is 0 Å². The zero-order chi connectivity index (χ0) is 12.5. The molecule has 4 heteroatoms. The van der Waals surface area contributed by atoms with Gasteiger partial charge in [0.05, 0.1) is 10.7 Å². The quantitative estimate of drug-likeness (QED) is 0.909. The third-order valence-electron chi connectivity index (χ3n) is 3.34. The molecule has 0 spiro atoms. The molecule has 2 aromatic rings. The summed E-state index contributed by atoms with van der Waals surface area (Å²) >= 11 is 7.93. The van der Waals surface area contributed by atoms with Gasteiger partial charge in [0.1, 0.15) is 0 Å². The van der Waals surface area contributed by atoms with Crippen molar-refractivity contribution in [1.82, 2.24) is 4.98 Å². The summed E-state index contributed by atoms with van der Waals surface area (Å²) in [6, 6.07) is 8.14. The van der Waals surface area contributed by atoms with Gasteiger partial charge in [-0.15, -0.1) is 11.3 Å². The van der Waals surface area contributed by atoms with Gasteiger partial charge in [-0.1, -0.05) is 29.8 Å². The van der Waals surface area contributed by atoms with Crippen molar-refractivity contribution in [3.8, 4) is 0 Å². The first-order valence-electron chi connectivity index (χ1n) is 6.21. The number of hydrogen-bond donors (Lipinski definition) is 1. The maximum absolute atomic E-state index is 6.18. The molecule has 2 N–H and O–H groups in total. The van der Waals surface area contributed by atoms with Crippen molar-refractivity contribution in [2.24, 2.45) is 5.73 Å². The Labute approximate surface area is 116 Å². The van der Waals surface area contributed by atoms with E-state index in [2.05, 4.69) is 6.07 Å². The molecule has 94 valence electrons. The van der Waals surface area contributed by atoms with E-state index in [1.54, 1.807) is 11.3 Å². The van der Waals surface area contributed by atoms with E-state index < -0.39 is 0 Å². The van der Waals surface area contributed by atoms with Gasteiger partial charge in [0.15, 0.2) is 0 Å². The Morgan fingerprint density at radius 2 is 2.22 bits per heavy atom. The zero-order valence-electron chi connectivity index (χ0n) is 10.0. The molecular formula is C14H15ClN2S. The van der Waals surface area contributed by atoms with Gasteiger partial charge in [-0.2, -0.15) is 0 Å². The fourth-order valence-corrected chi connectivity index (χ4v) is 3.76. The van der Waals surface area contributed by atoms with Crippen LogP contribution in [0, 0.1) is 0 Å². The highest BCUT2D eigenvalue weighted by Crippen LogP contribution is 2.33. The number of nitrogens with two attached hydrogens (primary N) is 1. The molecule has 0 amide bonds. The molecule has 1 atom stereocenters. The van der Waals surface area contributed by atoms with Crippen LogP contribution >= 0.6 is 22.9 Å². The number of halogens is 1. The van der Waals surface area contributed by atoms with E-state index in [-0.39, 0.29) is 6.04 Å². The number of rotatable bonds is 2. The van der Waals surface area contributed by atoms with Crippen molar-refractivity contribution in [1.29, 1.82) is 0 Å². The third kappa shape index (κ3) is 2.30. The Hall–Kier alpha value is -0.900. The van der Waals surface area contributed by atoms with Crippen molar-refractivity contribution in [3.63, 3.8) is 0 Å². The number of hydrogen-bond acceptors (Lipinski definition) is 3. The molecule has 0 bridgehead atoms. The first kappa shape index (κ1) is 12.2. The second-order valence-electron chi connectivity index (χ2n) is 4.69. The molecule has 3 rings (SSSR count). The van der Waals surface area contributed by atoms with Crippen molar-refractivity contribution < 1.29 is 0 Å². The molecule has 1 aliphatic carbocycles. The second kappa shape index (κ2) is 5.00. The molecule has 1 aromatic carbocycles. The van der Waals surface area contributed by atoms with Crippen LogP contribution in [0.5, 0.6) is 0 Å². The molecule has 0 saturated heterocycles. The van der Waals surface area contributed by atoms with E-state index in [1.807, 2.05) is 18.2 Å². The monoisotopic (exact) mass is 278 g/mol. The molecule has 1 unspecified atom stereocenters.